The first kappa shape index (κ1) is 9.68. The van der Waals surface area contributed by atoms with Crippen molar-refractivity contribution in [3.63, 3.8) is 0 Å². The first-order chi connectivity index (χ1) is 5.74. The fourth-order valence-electron chi connectivity index (χ4n) is 0.765. The molecule has 0 heterocycles. The molecule has 12 heavy (non-hydrogen) atoms. The topological polar surface area (TPSA) is 17.1 Å². The van der Waals surface area contributed by atoms with Gasteiger partial charge in [0.2, 0.25) is 0 Å². The number of carbonyl (C=O) groups excluding carboxylic acids is 1. The Hall–Kier alpha value is -0.410. The van der Waals surface area contributed by atoms with Gasteiger partial charge in [0.1, 0.15) is 6.29 Å². The Kier molecular flexibility index (Phi) is 3.69. The quantitative estimate of drug-likeness (QED) is 0.602. The van der Waals surface area contributed by atoms with Crippen molar-refractivity contribution in [2.45, 2.75) is 0 Å². The lowest BCUT2D eigenvalue weighted by molar-refractivity contribution is -0.104. The van der Waals surface area contributed by atoms with E-state index in [0.717, 1.165) is 20.8 Å². The summed E-state index contributed by atoms with van der Waals surface area (Å²) in [6.45, 7) is 0. The van der Waals surface area contributed by atoms with Crippen LogP contribution in [0.4, 0.5) is 0 Å². The summed E-state index contributed by atoms with van der Waals surface area (Å²) in [5, 5.41) is 0. The van der Waals surface area contributed by atoms with Crippen LogP contribution in [-0.4, -0.2) is 6.29 Å². The van der Waals surface area contributed by atoms with Crippen molar-refractivity contribution in [3.05, 3.63) is 40.4 Å². The maximum absolute atomic E-state index is 10.1. The number of hydrogen-bond acceptors (Lipinski definition) is 1. The molecule has 62 valence electrons. The predicted octanol–water partition coefficient (Wildman–Crippen LogP) is 3.38. The maximum Gasteiger partial charge on any atom is 0.143 e. The molecule has 0 spiro atoms. The minimum atomic E-state index is 0.756. The molecule has 1 aromatic rings. The van der Waals surface area contributed by atoms with E-state index >= 15 is 0 Å². The molecule has 0 radical (unpaired) electrons. The van der Waals surface area contributed by atoms with E-state index in [2.05, 4.69) is 31.9 Å². The van der Waals surface area contributed by atoms with Crippen molar-refractivity contribution >= 4 is 42.6 Å². The molecule has 1 rings (SSSR count). The van der Waals surface area contributed by atoms with Crippen molar-refractivity contribution < 1.29 is 4.79 Å². The predicted molar refractivity (Wildman–Crippen MR) is 57.1 cm³/mol. The summed E-state index contributed by atoms with van der Waals surface area (Å²) >= 11 is 6.61. The van der Waals surface area contributed by atoms with Crippen molar-refractivity contribution in [2.75, 3.05) is 0 Å². The van der Waals surface area contributed by atoms with Gasteiger partial charge in [0.05, 0.1) is 0 Å². The average Bonchev–Trinajstić information content (AvgIpc) is 2.06. The minimum Gasteiger partial charge on any atom is -0.299 e. The summed E-state index contributed by atoms with van der Waals surface area (Å²) in [5.74, 6) is 0. The van der Waals surface area contributed by atoms with Crippen LogP contribution in [0.2, 0.25) is 0 Å². The third kappa shape index (κ3) is 2.57. The second kappa shape index (κ2) is 4.58. The summed E-state index contributed by atoms with van der Waals surface area (Å²) in [6, 6.07) is 7.70. The standard InChI is InChI=1S/C9H6Br2O/c10-8-3-1-7(2-4-8)9(11)5-6-12/h1-6H/b9-5-. The molecule has 0 bridgehead atoms. The van der Waals surface area contributed by atoms with Crippen LogP contribution in [0.1, 0.15) is 5.56 Å². The molecular weight excluding hydrogens is 284 g/mol. The van der Waals surface area contributed by atoms with Crippen LogP contribution in [-0.2, 0) is 4.79 Å². The molecule has 1 nitrogen and oxygen atoms in total. The zero-order valence-corrected chi connectivity index (χ0v) is 9.30. The second-order valence-corrected chi connectivity index (χ2v) is 3.93. The van der Waals surface area contributed by atoms with E-state index in [1.54, 1.807) is 0 Å². The highest BCUT2D eigenvalue weighted by atomic mass is 79.9. The largest absolute Gasteiger partial charge is 0.299 e. The number of allylic oxidation sites excluding steroid dienone is 1. The highest BCUT2D eigenvalue weighted by Crippen LogP contribution is 2.21. The number of aldehydes is 1. The van der Waals surface area contributed by atoms with E-state index in [1.165, 1.54) is 6.08 Å². The SMILES string of the molecule is O=C/C=C(\Br)c1ccc(Br)cc1. The van der Waals surface area contributed by atoms with Crippen molar-refractivity contribution in [1.82, 2.24) is 0 Å². The van der Waals surface area contributed by atoms with Gasteiger partial charge in [-0.1, -0.05) is 44.0 Å². The first-order valence-electron chi connectivity index (χ1n) is 3.31. The molecule has 0 aliphatic rings. The summed E-state index contributed by atoms with van der Waals surface area (Å²) in [4.78, 5) is 10.1. The molecular formula is C9H6Br2O. The Balaban J connectivity index is 2.97. The molecule has 0 aromatic heterocycles. The number of halogens is 2. The molecule has 0 fully saturated rings. The summed E-state index contributed by atoms with van der Waals surface area (Å²) in [6.07, 6.45) is 2.23. The zero-order chi connectivity index (χ0) is 8.97. The van der Waals surface area contributed by atoms with Crippen LogP contribution in [0.5, 0.6) is 0 Å². The van der Waals surface area contributed by atoms with Crippen LogP contribution < -0.4 is 0 Å². The maximum atomic E-state index is 10.1. The summed E-state index contributed by atoms with van der Waals surface area (Å²) in [7, 11) is 0. The molecule has 0 aliphatic carbocycles. The van der Waals surface area contributed by atoms with Crippen LogP contribution in [0.15, 0.2) is 34.8 Å². The van der Waals surface area contributed by atoms with E-state index in [4.69, 9.17) is 0 Å². The fraction of sp³-hybridized carbons (Fsp3) is 0. The molecule has 0 saturated carbocycles. The third-order valence-corrected chi connectivity index (χ3v) is 2.59. The van der Waals surface area contributed by atoms with E-state index in [1.807, 2.05) is 24.3 Å². The van der Waals surface area contributed by atoms with Crippen molar-refractivity contribution in [3.8, 4) is 0 Å². The molecule has 0 atom stereocenters. The van der Waals surface area contributed by atoms with Crippen LogP contribution in [0, 0.1) is 0 Å². The van der Waals surface area contributed by atoms with Gasteiger partial charge in [-0.15, -0.1) is 0 Å². The van der Waals surface area contributed by atoms with E-state index in [-0.39, 0.29) is 0 Å². The first-order valence-corrected chi connectivity index (χ1v) is 4.89. The van der Waals surface area contributed by atoms with Gasteiger partial charge in [-0.05, 0) is 23.8 Å². The lowest BCUT2D eigenvalue weighted by Gasteiger charge is -1.97. The second-order valence-electron chi connectivity index (χ2n) is 2.16. The van der Waals surface area contributed by atoms with E-state index < -0.39 is 0 Å². The van der Waals surface area contributed by atoms with Gasteiger partial charge in [-0.25, -0.2) is 0 Å². The van der Waals surface area contributed by atoms with Gasteiger partial charge in [0.15, 0.2) is 0 Å². The molecule has 3 heteroatoms. The monoisotopic (exact) mass is 288 g/mol. The number of rotatable bonds is 2. The summed E-state index contributed by atoms with van der Waals surface area (Å²) in [5.41, 5.74) is 0.991. The molecule has 0 saturated heterocycles. The van der Waals surface area contributed by atoms with Crippen molar-refractivity contribution in [1.29, 1.82) is 0 Å². The average molecular weight is 290 g/mol. The Morgan fingerprint density at radius 2 is 1.83 bits per heavy atom. The molecule has 0 N–H and O–H groups in total. The lowest BCUT2D eigenvalue weighted by atomic mass is 10.2. The number of hydrogen-bond donors (Lipinski definition) is 0. The van der Waals surface area contributed by atoms with E-state index in [9.17, 15) is 4.79 Å². The minimum absolute atomic E-state index is 0.756. The van der Waals surface area contributed by atoms with Gasteiger partial charge in [-0.3, -0.25) is 4.79 Å². The van der Waals surface area contributed by atoms with Gasteiger partial charge in [0.25, 0.3) is 0 Å². The number of carbonyl (C=O) groups is 1. The Morgan fingerprint density at radius 1 is 1.25 bits per heavy atom. The highest BCUT2D eigenvalue weighted by Gasteiger charge is 1.95. The van der Waals surface area contributed by atoms with Crippen molar-refractivity contribution in [2.24, 2.45) is 0 Å². The van der Waals surface area contributed by atoms with Crippen LogP contribution >= 0.6 is 31.9 Å². The van der Waals surface area contributed by atoms with Gasteiger partial charge >= 0.3 is 0 Å². The summed E-state index contributed by atoms with van der Waals surface area (Å²) < 4.78 is 1.82. The van der Waals surface area contributed by atoms with Gasteiger partial charge in [-0.2, -0.15) is 0 Å². The lowest BCUT2D eigenvalue weighted by Crippen LogP contribution is -1.76. The normalized spacial score (nSPS) is 11.3. The third-order valence-electron chi connectivity index (χ3n) is 1.33. The Morgan fingerprint density at radius 3 is 2.33 bits per heavy atom. The van der Waals surface area contributed by atoms with Gasteiger partial charge in [0, 0.05) is 8.96 Å². The Bertz CT molecular complexity index is 301. The molecule has 0 aliphatic heterocycles. The zero-order valence-electron chi connectivity index (χ0n) is 6.13. The van der Waals surface area contributed by atoms with Gasteiger partial charge < -0.3 is 0 Å². The smallest absolute Gasteiger partial charge is 0.143 e. The highest BCUT2D eigenvalue weighted by molar-refractivity contribution is 9.15. The number of benzene rings is 1. The molecule has 0 unspecified atom stereocenters. The van der Waals surface area contributed by atoms with E-state index in [0.29, 0.717) is 0 Å². The fourth-order valence-corrected chi connectivity index (χ4v) is 1.40. The molecule has 0 amide bonds. The Labute approximate surface area is 87.7 Å². The van der Waals surface area contributed by atoms with Crippen LogP contribution in [0.3, 0.4) is 0 Å². The molecule has 1 aromatic carbocycles. The van der Waals surface area contributed by atoms with Crippen LogP contribution in [0.25, 0.3) is 4.48 Å².